The van der Waals surface area contributed by atoms with Gasteiger partial charge in [-0.2, -0.15) is 0 Å². The first-order valence-electron chi connectivity index (χ1n) is 7.68. The van der Waals surface area contributed by atoms with Crippen molar-refractivity contribution < 1.29 is 17.7 Å². The first-order chi connectivity index (χ1) is 11.7. The summed E-state index contributed by atoms with van der Waals surface area (Å²) in [5.41, 5.74) is 1.15. The first kappa shape index (κ1) is 19.4. The zero-order valence-electron chi connectivity index (χ0n) is 14.2. The molecule has 0 radical (unpaired) electrons. The molecule has 1 atom stereocenters. The number of aryl methyl sites for hydroxylation is 2. The van der Waals surface area contributed by atoms with E-state index in [4.69, 9.17) is 16.1 Å². The SMILES string of the molecule is Cc1noc(C)c1S(=O)(=O)NCCC(=O)N[C@H](C)c1cccc(Cl)c1. The molecule has 25 heavy (non-hydrogen) atoms. The average Bonchev–Trinajstić information content (AvgIpc) is 2.86. The quantitative estimate of drug-likeness (QED) is 0.762. The van der Waals surface area contributed by atoms with Crippen molar-refractivity contribution in [3.8, 4) is 0 Å². The number of benzene rings is 1. The Labute approximate surface area is 151 Å². The number of halogens is 1. The minimum Gasteiger partial charge on any atom is -0.360 e. The highest BCUT2D eigenvalue weighted by molar-refractivity contribution is 7.89. The maximum Gasteiger partial charge on any atom is 0.245 e. The molecule has 2 N–H and O–H groups in total. The Morgan fingerprint density at radius 3 is 2.68 bits per heavy atom. The van der Waals surface area contributed by atoms with Gasteiger partial charge in [-0.15, -0.1) is 0 Å². The average molecular weight is 386 g/mol. The van der Waals surface area contributed by atoms with Gasteiger partial charge in [0.05, 0.1) is 6.04 Å². The number of aromatic nitrogens is 1. The molecule has 1 amide bonds. The zero-order chi connectivity index (χ0) is 18.6. The van der Waals surface area contributed by atoms with E-state index in [-0.39, 0.29) is 41.3 Å². The second-order valence-corrected chi connectivity index (χ2v) is 7.79. The predicted octanol–water partition coefficient (Wildman–Crippen LogP) is 2.49. The van der Waals surface area contributed by atoms with Crippen molar-refractivity contribution in [3.63, 3.8) is 0 Å². The van der Waals surface area contributed by atoms with Crippen molar-refractivity contribution in [2.75, 3.05) is 6.54 Å². The number of sulfonamides is 1. The number of amides is 1. The molecule has 0 unspecified atom stereocenters. The van der Waals surface area contributed by atoms with E-state index in [1.807, 2.05) is 13.0 Å². The van der Waals surface area contributed by atoms with Crippen molar-refractivity contribution >= 4 is 27.5 Å². The molecule has 2 aromatic rings. The van der Waals surface area contributed by atoms with Crippen LogP contribution in [-0.4, -0.2) is 26.0 Å². The minimum absolute atomic E-state index is 0.00745. The largest absolute Gasteiger partial charge is 0.360 e. The van der Waals surface area contributed by atoms with Crippen LogP contribution >= 0.6 is 11.6 Å². The molecule has 9 heteroatoms. The Bertz CT molecular complexity index is 845. The summed E-state index contributed by atoms with van der Waals surface area (Å²) >= 11 is 5.93. The van der Waals surface area contributed by atoms with Gasteiger partial charge in [0.15, 0.2) is 5.76 Å². The van der Waals surface area contributed by atoms with Crippen LogP contribution in [0.4, 0.5) is 0 Å². The van der Waals surface area contributed by atoms with E-state index in [0.717, 1.165) is 5.56 Å². The summed E-state index contributed by atoms with van der Waals surface area (Å²) in [6.07, 6.45) is 0.00745. The molecule has 0 aliphatic heterocycles. The predicted molar refractivity (Wildman–Crippen MR) is 93.8 cm³/mol. The van der Waals surface area contributed by atoms with E-state index in [1.54, 1.807) is 25.1 Å². The van der Waals surface area contributed by atoms with Crippen LogP contribution in [0.3, 0.4) is 0 Å². The fourth-order valence-electron chi connectivity index (χ4n) is 2.40. The third-order valence-electron chi connectivity index (χ3n) is 3.61. The van der Waals surface area contributed by atoms with Crippen LogP contribution in [0.25, 0.3) is 0 Å². The molecule has 1 aromatic carbocycles. The minimum atomic E-state index is -3.76. The zero-order valence-corrected chi connectivity index (χ0v) is 15.7. The van der Waals surface area contributed by atoms with E-state index >= 15 is 0 Å². The van der Waals surface area contributed by atoms with E-state index in [9.17, 15) is 13.2 Å². The van der Waals surface area contributed by atoms with Crippen molar-refractivity contribution in [2.45, 2.75) is 38.1 Å². The van der Waals surface area contributed by atoms with Crippen LogP contribution in [0, 0.1) is 13.8 Å². The summed E-state index contributed by atoms with van der Waals surface area (Å²) in [7, 11) is -3.76. The molecule has 0 bridgehead atoms. The van der Waals surface area contributed by atoms with Gasteiger partial charge in [-0.25, -0.2) is 13.1 Å². The Hall–Kier alpha value is -1.90. The lowest BCUT2D eigenvalue weighted by Gasteiger charge is -2.14. The van der Waals surface area contributed by atoms with Gasteiger partial charge in [0.2, 0.25) is 15.9 Å². The Morgan fingerprint density at radius 2 is 2.08 bits per heavy atom. The van der Waals surface area contributed by atoms with Crippen LogP contribution in [0.2, 0.25) is 5.02 Å². The maximum absolute atomic E-state index is 12.2. The van der Waals surface area contributed by atoms with Gasteiger partial charge in [-0.3, -0.25) is 4.79 Å². The van der Waals surface area contributed by atoms with Crippen molar-refractivity contribution in [1.29, 1.82) is 0 Å². The van der Waals surface area contributed by atoms with Gasteiger partial charge in [0.1, 0.15) is 10.6 Å². The van der Waals surface area contributed by atoms with Crippen molar-refractivity contribution in [2.24, 2.45) is 0 Å². The van der Waals surface area contributed by atoms with Crippen LogP contribution in [0.1, 0.15) is 36.4 Å². The summed E-state index contributed by atoms with van der Waals surface area (Å²) in [6.45, 7) is 4.87. The summed E-state index contributed by atoms with van der Waals surface area (Å²) in [5.74, 6) is -0.0574. The molecular weight excluding hydrogens is 366 g/mol. The van der Waals surface area contributed by atoms with Gasteiger partial charge in [0.25, 0.3) is 0 Å². The Morgan fingerprint density at radius 1 is 1.36 bits per heavy atom. The van der Waals surface area contributed by atoms with Gasteiger partial charge < -0.3 is 9.84 Å². The molecule has 0 spiro atoms. The summed E-state index contributed by atoms with van der Waals surface area (Å²) in [4.78, 5) is 12.0. The number of carbonyl (C=O) groups excluding carboxylic acids is 1. The smallest absolute Gasteiger partial charge is 0.245 e. The molecule has 0 aliphatic carbocycles. The monoisotopic (exact) mass is 385 g/mol. The summed E-state index contributed by atoms with van der Waals surface area (Å²) < 4.78 is 31.7. The highest BCUT2D eigenvalue weighted by Gasteiger charge is 2.24. The number of carbonyl (C=O) groups is 1. The lowest BCUT2D eigenvalue weighted by atomic mass is 10.1. The molecule has 2 rings (SSSR count). The van der Waals surface area contributed by atoms with E-state index in [0.29, 0.717) is 5.02 Å². The molecule has 0 saturated carbocycles. The maximum atomic E-state index is 12.2. The number of rotatable bonds is 7. The van der Waals surface area contributed by atoms with E-state index < -0.39 is 10.0 Å². The fourth-order valence-corrected chi connectivity index (χ4v) is 3.96. The standard InChI is InChI=1S/C16H20ClN3O4S/c1-10(13-5-4-6-14(17)9-13)19-15(21)7-8-18-25(22,23)16-11(2)20-24-12(16)3/h4-6,9-10,18H,7-8H2,1-3H3,(H,19,21)/t10-/m1/s1. The molecule has 0 fully saturated rings. The highest BCUT2D eigenvalue weighted by atomic mass is 35.5. The van der Waals surface area contributed by atoms with E-state index in [2.05, 4.69) is 15.2 Å². The third kappa shape index (κ3) is 5.04. The number of hydrogen-bond donors (Lipinski definition) is 2. The van der Waals surface area contributed by atoms with Crippen molar-refractivity contribution in [1.82, 2.24) is 15.2 Å². The van der Waals surface area contributed by atoms with Crippen LogP contribution in [0.5, 0.6) is 0 Å². The number of hydrogen-bond acceptors (Lipinski definition) is 5. The summed E-state index contributed by atoms with van der Waals surface area (Å²) in [6, 6.07) is 6.95. The Balaban J connectivity index is 1.88. The number of nitrogens with one attached hydrogen (secondary N) is 2. The molecule has 0 aliphatic rings. The normalized spacial score (nSPS) is 12.8. The second kappa shape index (κ2) is 7.99. The third-order valence-corrected chi connectivity index (χ3v) is 5.55. The molecule has 0 saturated heterocycles. The lowest BCUT2D eigenvalue weighted by molar-refractivity contribution is -0.121. The summed E-state index contributed by atoms with van der Waals surface area (Å²) in [5, 5.41) is 7.01. The Kier molecular flexibility index (Phi) is 6.21. The fraction of sp³-hybridized carbons (Fsp3) is 0.375. The van der Waals surface area contributed by atoms with Gasteiger partial charge >= 0.3 is 0 Å². The second-order valence-electron chi connectivity index (χ2n) is 5.65. The molecule has 1 aromatic heterocycles. The number of nitrogens with zero attached hydrogens (tertiary/aromatic N) is 1. The topological polar surface area (TPSA) is 101 Å². The van der Waals surface area contributed by atoms with Crippen LogP contribution in [-0.2, 0) is 14.8 Å². The van der Waals surface area contributed by atoms with E-state index in [1.165, 1.54) is 6.92 Å². The van der Waals surface area contributed by atoms with Crippen LogP contribution in [0.15, 0.2) is 33.7 Å². The van der Waals surface area contributed by atoms with Gasteiger partial charge in [0, 0.05) is 18.0 Å². The van der Waals surface area contributed by atoms with Crippen LogP contribution < -0.4 is 10.0 Å². The molecule has 7 nitrogen and oxygen atoms in total. The first-order valence-corrected chi connectivity index (χ1v) is 9.54. The van der Waals surface area contributed by atoms with Gasteiger partial charge in [-0.05, 0) is 38.5 Å². The highest BCUT2D eigenvalue weighted by Crippen LogP contribution is 2.19. The van der Waals surface area contributed by atoms with Crippen molar-refractivity contribution in [3.05, 3.63) is 46.3 Å². The lowest BCUT2D eigenvalue weighted by Crippen LogP contribution is -2.32. The molecule has 1 heterocycles. The molecular formula is C16H20ClN3O4S. The molecule has 136 valence electrons. The van der Waals surface area contributed by atoms with Gasteiger partial charge in [-0.1, -0.05) is 28.9 Å².